The lowest BCUT2D eigenvalue weighted by Gasteiger charge is -2.13. The van der Waals surface area contributed by atoms with Gasteiger partial charge in [0.2, 0.25) is 5.01 Å². The fraction of sp³-hybridized carbons (Fsp3) is 0.267. The van der Waals surface area contributed by atoms with E-state index in [4.69, 9.17) is 4.74 Å². The van der Waals surface area contributed by atoms with Crippen molar-refractivity contribution in [2.24, 2.45) is 0 Å². The quantitative estimate of drug-likeness (QED) is 0.862. The molecule has 1 aromatic carbocycles. The zero-order valence-corrected chi connectivity index (χ0v) is 12.6. The molecule has 1 amide bonds. The molecule has 0 saturated heterocycles. The summed E-state index contributed by atoms with van der Waals surface area (Å²) < 4.78 is 4.85. The zero-order valence-electron chi connectivity index (χ0n) is 11.8. The number of benzene rings is 1. The van der Waals surface area contributed by atoms with Crippen molar-refractivity contribution >= 4 is 23.2 Å². The molecular weight excluding hydrogens is 288 g/mol. The highest BCUT2D eigenvalue weighted by molar-refractivity contribution is 7.11. The number of thiazole rings is 1. The number of nitrogens with one attached hydrogen (secondary N) is 1. The number of ether oxygens (including phenoxy) is 1. The lowest BCUT2D eigenvalue weighted by atomic mass is 10.1. The van der Waals surface area contributed by atoms with Crippen LogP contribution in [-0.2, 0) is 4.74 Å². The van der Waals surface area contributed by atoms with Gasteiger partial charge in [-0.05, 0) is 19.4 Å². The van der Waals surface area contributed by atoms with Gasteiger partial charge in [0.25, 0.3) is 5.91 Å². The number of carbonyl (C=O) groups is 2. The minimum absolute atomic E-state index is 0.133. The van der Waals surface area contributed by atoms with Crippen molar-refractivity contribution in [3.63, 3.8) is 0 Å². The molecule has 1 atom stereocenters. The zero-order chi connectivity index (χ0) is 15.2. The Kier molecular flexibility index (Phi) is 5.05. The molecule has 1 aromatic heterocycles. The average Bonchev–Trinajstić information content (AvgIpc) is 2.98. The van der Waals surface area contributed by atoms with Gasteiger partial charge in [-0.1, -0.05) is 30.3 Å². The van der Waals surface area contributed by atoms with E-state index in [0.29, 0.717) is 0 Å². The first-order valence-electron chi connectivity index (χ1n) is 6.60. The summed E-state index contributed by atoms with van der Waals surface area (Å²) in [6.07, 6.45) is 0. The molecule has 0 saturated carbocycles. The van der Waals surface area contributed by atoms with Crippen molar-refractivity contribution in [2.45, 2.75) is 19.9 Å². The molecule has 1 heterocycles. The van der Waals surface area contributed by atoms with Crippen molar-refractivity contribution in [2.75, 3.05) is 6.61 Å². The summed E-state index contributed by atoms with van der Waals surface area (Å²) in [5, 5.41) is 4.59. The summed E-state index contributed by atoms with van der Waals surface area (Å²) in [4.78, 5) is 27.6. The van der Waals surface area contributed by atoms with E-state index in [0.717, 1.165) is 16.9 Å². The highest BCUT2D eigenvalue weighted by Gasteiger charge is 2.18. The van der Waals surface area contributed by atoms with E-state index in [2.05, 4.69) is 10.3 Å². The minimum Gasteiger partial charge on any atom is -0.461 e. The van der Waals surface area contributed by atoms with E-state index >= 15 is 0 Å². The maximum absolute atomic E-state index is 12.1. The maximum Gasteiger partial charge on any atom is 0.367 e. The number of rotatable bonds is 5. The molecule has 0 aliphatic carbocycles. The summed E-state index contributed by atoms with van der Waals surface area (Å²) in [6.45, 7) is 3.90. The van der Waals surface area contributed by atoms with Gasteiger partial charge >= 0.3 is 5.97 Å². The van der Waals surface area contributed by atoms with Gasteiger partial charge in [0.15, 0.2) is 0 Å². The van der Waals surface area contributed by atoms with Gasteiger partial charge in [0, 0.05) is 5.38 Å². The molecule has 0 aliphatic rings. The van der Waals surface area contributed by atoms with Crippen molar-refractivity contribution in [3.05, 3.63) is 52.0 Å². The topological polar surface area (TPSA) is 68.3 Å². The first-order chi connectivity index (χ1) is 10.1. The summed E-state index contributed by atoms with van der Waals surface area (Å²) in [5.74, 6) is -0.809. The van der Waals surface area contributed by atoms with Crippen molar-refractivity contribution in [3.8, 4) is 0 Å². The van der Waals surface area contributed by atoms with Crippen LogP contribution in [0.4, 0.5) is 0 Å². The van der Waals surface area contributed by atoms with Crippen LogP contribution in [0.1, 0.15) is 45.7 Å². The number of hydrogen-bond acceptors (Lipinski definition) is 5. The second-order valence-corrected chi connectivity index (χ2v) is 5.22. The second kappa shape index (κ2) is 6.99. The van der Waals surface area contributed by atoms with Crippen LogP contribution in [0.25, 0.3) is 0 Å². The first-order valence-corrected chi connectivity index (χ1v) is 7.48. The maximum atomic E-state index is 12.1. The SMILES string of the molecule is CCOC(=O)c1nc(C(=O)NC(C)c2ccccc2)cs1. The molecular formula is C15H16N2O3S. The summed E-state index contributed by atoms with van der Waals surface area (Å²) in [6, 6.07) is 9.50. The molecule has 6 heteroatoms. The third-order valence-electron chi connectivity index (χ3n) is 2.83. The Morgan fingerprint density at radius 1 is 1.33 bits per heavy atom. The molecule has 0 radical (unpaired) electrons. The van der Waals surface area contributed by atoms with Gasteiger partial charge in [0.1, 0.15) is 5.69 Å². The largest absolute Gasteiger partial charge is 0.461 e. The van der Waals surface area contributed by atoms with Gasteiger partial charge in [-0.3, -0.25) is 4.79 Å². The second-order valence-electron chi connectivity index (χ2n) is 4.36. The summed E-state index contributed by atoms with van der Waals surface area (Å²) >= 11 is 1.10. The number of aromatic nitrogens is 1. The van der Waals surface area contributed by atoms with Crippen LogP contribution < -0.4 is 5.32 Å². The van der Waals surface area contributed by atoms with Crippen LogP contribution in [0.2, 0.25) is 0 Å². The van der Waals surface area contributed by atoms with Crippen LogP contribution in [0.3, 0.4) is 0 Å². The molecule has 1 N–H and O–H groups in total. The van der Waals surface area contributed by atoms with E-state index < -0.39 is 5.97 Å². The van der Waals surface area contributed by atoms with Crippen molar-refractivity contribution in [1.82, 2.24) is 10.3 Å². The van der Waals surface area contributed by atoms with Crippen LogP contribution in [0, 0.1) is 0 Å². The van der Waals surface area contributed by atoms with E-state index in [9.17, 15) is 9.59 Å². The highest BCUT2D eigenvalue weighted by Crippen LogP contribution is 2.14. The predicted molar refractivity (Wildman–Crippen MR) is 80.4 cm³/mol. The van der Waals surface area contributed by atoms with Crippen LogP contribution in [0.15, 0.2) is 35.7 Å². The molecule has 21 heavy (non-hydrogen) atoms. The summed E-state index contributed by atoms with van der Waals surface area (Å²) in [5.41, 5.74) is 1.23. The van der Waals surface area contributed by atoms with Gasteiger partial charge in [-0.15, -0.1) is 11.3 Å². The average molecular weight is 304 g/mol. The van der Waals surface area contributed by atoms with Gasteiger partial charge < -0.3 is 10.1 Å². The molecule has 2 rings (SSSR count). The third kappa shape index (κ3) is 3.88. The molecule has 1 unspecified atom stereocenters. The fourth-order valence-electron chi connectivity index (χ4n) is 1.76. The first kappa shape index (κ1) is 15.2. The lowest BCUT2D eigenvalue weighted by molar-refractivity contribution is 0.0526. The number of carbonyl (C=O) groups excluding carboxylic acids is 2. The van der Waals surface area contributed by atoms with Gasteiger partial charge in [-0.2, -0.15) is 0 Å². The number of hydrogen-bond donors (Lipinski definition) is 1. The van der Waals surface area contributed by atoms with E-state index in [1.165, 1.54) is 0 Å². The Morgan fingerprint density at radius 2 is 2.05 bits per heavy atom. The molecule has 5 nitrogen and oxygen atoms in total. The van der Waals surface area contributed by atoms with Gasteiger partial charge in [-0.25, -0.2) is 9.78 Å². The number of esters is 1. The minimum atomic E-state index is -0.502. The van der Waals surface area contributed by atoms with E-state index in [1.807, 2.05) is 37.3 Å². The normalized spacial score (nSPS) is 11.7. The van der Waals surface area contributed by atoms with Crippen LogP contribution >= 0.6 is 11.3 Å². The Labute approximate surface area is 127 Å². The number of nitrogens with zero attached hydrogens (tertiary/aromatic N) is 1. The molecule has 0 aliphatic heterocycles. The van der Waals surface area contributed by atoms with Gasteiger partial charge in [0.05, 0.1) is 12.6 Å². The Hall–Kier alpha value is -2.21. The molecule has 0 fully saturated rings. The smallest absolute Gasteiger partial charge is 0.367 e. The standard InChI is InChI=1S/C15H16N2O3S/c1-3-20-15(19)14-17-12(9-21-14)13(18)16-10(2)11-7-5-4-6-8-11/h4-10H,3H2,1-2H3,(H,16,18). The van der Waals surface area contributed by atoms with E-state index in [1.54, 1.807) is 12.3 Å². The Bertz CT molecular complexity index is 625. The van der Waals surface area contributed by atoms with E-state index in [-0.39, 0.29) is 29.3 Å². The lowest BCUT2D eigenvalue weighted by Crippen LogP contribution is -2.27. The van der Waals surface area contributed by atoms with Crippen LogP contribution in [-0.4, -0.2) is 23.5 Å². The third-order valence-corrected chi connectivity index (χ3v) is 3.66. The highest BCUT2D eigenvalue weighted by atomic mass is 32.1. The van der Waals surface area contributed by atoms with Crippen molar-refractivity contribution < 1.29 is 14.3 Å². The summed E-state index contributed by atoms with van der Waals surface area (Å²) in [7, 11) is 0. The molecule has 0 spiro atoms. The van der Waals surface area contributed by atoms with Crippen molar-refractivity contribution in [1.29, 1.82) is 0 Å². The monoisotopic (exact) mass is 304 g/mol. The Balaban J connectivity index is 2.02. The predicted octanol–water partition coefficient (Wildman–Crippen LogP) is 2.81. The molecule has 110 valence electrons. The van der Waals surface area contributed by atoms with Crippen LogP contribution in [0.5, 0.6) is 0 Å². The fourth-order valence-corrected chi connectivity index (χ4v) is 2.45. The molecule has 0 bridgehead atoms. The molecule has 2 aromatic rings. The Morgan fingerprint density at radius 3 is 2.71 bits per heavy atom. The number of amides is 1.